The molecule has 4 heterocycles. The van der Waals surface area contributed by atoms with E-state index in [1.165, 1.54) is 11.3 Å². The molecule has 0 bridgehead atoms. The van der Waals surface area contributed by atoms with Gasteiger partial charge in [-0.25, -0.2) is 4.98 Å². The maximum absolute atomic E-state index is 12.8. The first-order valence-electron chi connectivity index (χ1n) is 8.40. The van der Waals surface area contributed by atoms with E-state index >= 15 is 0 Å². The van der Waals surface area contributed by atoms with E-state index in [1.807, 2.05) is 36.5 Å². The van der Waals surface area contributed by atoms with E-state index in [0.29, 0.717) is 26.3 Å². The van der Waals surface area contributed by atoms with Crippen molar-refractivity contribution in [3.05, 3.63) is 52.5 Å². The SMILES string of the molecule is Cc1ncsc1C(=O)N1CCOCC(Cc2nccn3cccc23)C1. The molecule has 0 aromatic carbocycles. The maximum atomic E-state index is 12.8. The molecule has 3 aromatic heterocycles. The molecule has 1 saturated heterocycles. The number of aryl methyl sites for hydroxylation is 1. The van der Waals surface area contributed by atoms with Gasteiger partial charge in [-0.15, -0.1) is 11.3 Å². The number of thiazole rings is 1. The number of carbonyl (C=O) groups is 1. The molecule has 0 aliphatic carbocycles. The van der Waals surface area contributed by atoms with Crippen LogP contribution in [0.25, 0.3) is 5.52 Å². The first-order chi connectivity index (χ1) is 12.2. The third-order valence-electron chi connectivity index (χ3n) is 4.58. The highest BCUT2D eigenvalue weighted by Gasteiger charge is 2.26. The van der Waals surface area contributed by atoms with Crippen LogP contribution in [0.3, 0.4) is 0 Å². The van der Waals surface area contributed by atoms with E-state index in [-0.39, 0.29) is 11.8 Å². The summed E-state index contributed by atoms with van der Waals surface area (Å²) < 4.78 is 7.83. The Morgan fingerprint density at radius 1 is 1.40 bits per heavy atom. The van der Waals surface area contributed by atoms with E-state index in [9.17, 15) is 4.79 Å². The number of amides is 1. The predicted octanol–water partition coefficient (Wildman–Crippen LogP) is 2.43. The van der Waals surface area contributed by atoms with Crippen LogP contribution in [0.15, 0.2) is 36.2 Å². The second-order valence-corrected chi connectivity index (χ2v) is 7.19. The molecule has 0 spiro atoms. The van der Waals surface area contributed by atoms with E-state index in [4.69, 9.17) is 4.74 Å². The zero-order valence-electron chi connectivity index (χ0n) is 14.1. The summed E-state index contributed by atoms with van der Waals surface area (Å²) in [5.41, 5.74) is 4.69. The molecule has 7 heteroatoms. The topological polar surface area (TPSA) is 59.7 Å². The van der Waals surface area contributed by atoms with Crippen LogP contribution in [0.5, 0.6) is 0 Å². The Kier molecular flexibility index (Phi) is 4.50. The fourth-order valence-electron chi connectivity index (χ4n) is 3.30. The Morgan fingerprint density at radius 3 is 3.16 bits per heavy atom. The second-order valence-electron chi connectivity index (χ2n) is 6.34. The molecule has 130 valence electrons. The van der Waals surface area contributed by atoms with Gasteiger partial charge in [-0.1, -0.05) is 0 Å². The normalized spacial score (nSPS) is 18.4. The Hall–Kier alpha value is -2.25. The number of nitrogens with zero attached hydrogens (tertiary/aromatic N) is 4. The monoisotopic (exact) mass is 356 g/mol. The first kappa shape index (κ1) is 16.2. The number of aromatic nitrogens is 3. The predicted molar refractivity (Wildman–Crippen MR) is 96.0 cm³/mol. The summed E-state index contributed by atoms with van der Waals surface area (Å²) in [6, 6.07) is 4.09. The highest BCUT2D eigenvalue weighted by Crippen LogP contribution is 2.20. The number of hydrogen-bond donors (Lipinski definition) is 0. The van der Waals surface area contributed by atoms with E-state index < -0.39 is 0 Å². The van der Waals surface area contributed by atoms with Gasteiger partial charge in [0, 0.05) is 37.6 Å². The first-order valence-corrected chi connectivity index (χ1v) is 9.28. The average Bonchev–Trinajstić information content (AvgIpc) is 3.19. The number of rotatable bonds is 3. The number of hydrogen-bond acceptors (Lipinski definition) is 5. The molecule has 1 atom stereocenters. The van der Waals surface area contributed by atoms with Gasteiger partial charge >= 0.3 is 0 Å². The average molecular weight is 356 g/mol. The molecule has 0 N–H and O–H groups in total. The van der Waals surface area contributed by atoms with E-state index in [0.717, 1.165) is 28.2 Å². The van der Waals surface area contributed by atoms with Gasteiger partial charge in [0.05, 0.1) is 35.6 Å². The van der Waals surface area contributed by atoms with Gasteiger partial charge in [0.25, 0.3) is 5.91 Å². The highest BCUT2D eigenvalue weighted by molar-refractivity contribution is 7.11. The molecule has 6 nitrogen and oxygen atoms in total. The molecular weight excluding hydrogens is 336 g/mol. The standard InChI is InChI=1S/C18H20N4O2S/c1-13-17(25-12-20-13)18(23)22-7-8-24-11-14(10-22)9-15-16-3-2-5-21(16)6-4-19-15/h2-6,12,14H,7-11H2,1H3. The van der Waals surface area contributed by atoms with Crippen molar-refractivity contribution < 1.29 is 9.53 Å². The zero-order chi connectivity index (χ0) is 17.2. The van der Waals surface area contributed by atoms with Crippen molar-refractivity contribution in [2.45, 2.75) is 13.3 Å². The molecule has 1 unspecified atom stereocenters. The van der Waals surface area contributed by atoms with Gasteiger partial charge < -0.3 is 14.0 Å². The van der Waals surface area contributed by atoms with Crippen molar-refractivity contribution in [2.24, 2.45) is 5.92 Å². The van der Waals surface area contributed by atoms with Crippen LogP contribution in [0.1, 0.15) is 21.1 Å². The lowest BCUT2D eigenvalue weighted by molar-refractivity contribution is 0.0741. The maximum Gasteiger partial charge on any atom is 0.265 e. The summed E-state index contributed by atoms with van der Waals surface area (Å²) in [5, 5.41) is 0. The zero-order valence-corrected chi connectivity index (χ0v) is 14.9. The van der Waals surface area contributed by atoms with Crippen LogP contribution in [-0.4, -0.2) is 51.5 Å². The highest BCUT2D eigenvalue weighted by atomic mass is 32.1. The smallest absolute Gasteiger partial charge is 0.265 e. The molecule has 0 saturated carbocycles. The number of ether oxygens (including phenoxy) is 1. The Balaban J connectivity index is 1.53. The lowest BCUT2D eigenvalue weighted by Crippen LogP contribution is -2.36. The van der Waals surface area contributed by atoms with Crippen LogP contribution < -0.4 is 0 Å². The summed E-state index contributed by atoms with van der Waals surface area (Å²) in [5.74, 6) is 0.289. The summed E-state index contributed by atoms with van der Waals surface area (Å²) in [6.45, 7) is 4.40. The van der Waals surface area contributed by atoms with Crippen molar-refractivity contribution in [2.75, 3.05) is 26.3 Å². The number of fused-ring (bicyclic) bond motifs is 1. The minimum atomic E-state index is 0.0596. The molecule has 1 fully saturated rings. The van der Waals surface area contributed by atoms with Crippen LogP contribution >= 0.6 is 11.3 Å². The van der Waals surface area contributed by atoms with Gasteiger partial charge in [0.15, 0.2) is 0 Å². The summed E-state index contributed by atoms with van der Waals surface area (Å²) in [7, 11) is 0. The molecule has 4 rings (SSSR count). The van der Waals surface area contributed by atoms with Crippen LogP contribution in [0.2, 0.25) is 0 Å². The largest absolute Gasteiger partial charge is 0.379 e. The fraction of sp³-hybridized carbons (Fsp3) is 0.389. The molecule has 1 amide bonds. The van der Waals surface area contributed by atoms with Gasteiger partial charge in [0.1, 0.15) is 4.88 Å². The minimum Gasteiger partial charge on any atom is -0.379 e. The van der Waals surface area contributed by atoms with E-state index in [2.05, 4.69) is 20.4 Å². The molecule has 25 heavy (non-hydrogen) atoms. The van der Waals surface area contributed by atoms with Gasteiger partial charge in [-0.05, 0) is 25.5 Å². The summed E-state index contributed by atoms with van der Waals surface area (Å²) >= 11 is 1.41. The van der Waals surface area contributed by atoms with Crippen molar-refractivity contribution in [3.63, 3.8) is 0 Å². The van der Waals surface area contributed by atoms with Gasteiger partial charge in [-0.3, -0.25) is 9.78 Å². The number of carbonyl (C=O) groups excluding carboxylic acids is 1. The van der Waals surface area contributed by atoms with Crippen molar-refractivity contribution in [3.8, 4) is 0 Å². The third kappa shape index (κ3) is 3.29. The quantitative estimate of drug-likeness (QED) is 0.723. The summed E-state index contributed by atoms with van der Waals surface area (Å²) in [6.07, 6.45) is 6.58. The molecule has 0 radical (unpaired) electrons. The Morgan fingerprint density at radius 2 is 2.32 bits per heavy atom. The third-order valence-corrected chi connectivity index (χ3v) is 5.50. The molecular formula is C18H20N4O2S. The fourth-order valence-corrected chi connectivity index (χ4v) is 4.07. The van der Waals surface area contributed by atoms with E-state index in [1.54, 1.807) is 5.51 Å². The lowest BCUT2D eigenvalue weighted by atomic mass is 10.0. The molecule has 1 aliphatic rings. The van der Waals surface area contributed by atoms with Crippen molar-refractivity contribution in [1.82, 2.24) is 19.3 Å². The lowest BCUT2D eigenvalue weighted by Gasteiger charge is -2.23. The second kappa shape index (κ2) is 6.93. The van der Waals surface area contributed by atoms with Crippen LogP contribution in [0, 0.1) is 12.8 Å². The molecule has 3 aromatic rings. The summed E-state index contributed by atoms with van der Waals surface area (Å²) in [4.78, 5) is 24.2. The Bertz CT molecular complexity index is 888. The molecule has 1 aliphatic heterocycles. The van der Waals surface area contributed by atoms with Gasteiger partial charge in [-0.2, -0.15) is 0 Å². The van der Waals surface area contributed by atoms with Crippen LogP contribution in [0.4, 0.5) is 0 Å². The van der Waals surface area contributed by atoms with Crippen LogP contribution in [-0.2, 0) is 11.2 Å². The Labute approximate surface area is 150 Å². The minimum absolute atomic E-state index is 0.0596. The van der Waals surface area contributed by atoms with Gasteiger partial charge in [0.2, 0.25) is 0 Å². The van der Waals surface area contributed by atoms with Crippen molar-refractivity contribution >= 4 is 22.8 Å². The van der Waals surface area contributed by atoms with Crippen molar-refractivity contribution in [1.29, 1.82) is 0 Å².